The molecular formula is C22H22FN5O2. The van der Waals surface area contributed by atoms with Crippen molar-refractivity contribution in [2.24, 2.45) is 0 Å². The molecule has 1 aliphatic rings. The molecule has 0 spiro atoms. The lowest BCUT2D eigenvalue weighted by molar-refractivity contribution is -0.124. The number of benzene rings is 1. The smallest absolute Gasteiger partial charge is 0.234 e. The molecule has 1 aliphatic heterocycles. The summed E-state index contributed by atoms with van der Waals surface area (Å²) in [5.41, 5.74) is 2.29. The van der Waals surface area contributed by atoms with E-state index in [2.05, 4.69) is 20.3 Å². The van der Waals surface area contributed by atoms with Crippen LogP contribution in [0.15, 0.2) is 61.1 Å². The van der Waals surface area contributed by atoms with Gasteiger partial charge in [0, 0.05) is 24.8 Å². The number of carbonyl (C=O) groups excluding carboxylic acids is 1. The predicted molar refractivity (Wildman–Crippen MR) is 109 cm³/mol. The molecule has 1 aromatic carbocycles. The van der Waals surface area contributed by atoms with Gasteiger partial charge < -0.3 is 10.1 Å². The van der Waals surface area contributed by atoms with Crippen molar-refractivity contribution in [1.29, 1.82) is 0 Å². The third-order valence-corrected chi connectivity index (χ3v) is 4.84. The summed E-state index contributed by atoms with van der Waals surface area (Å²) in [6, 6.07) is 12.1. The third-order valence-electron chi connectivity index (χ3n) is 4.84. The summed E-state index contributed by atoms with van der Waals surface area (Å²) in [5, 5.41) is 2.88. The summed E-state index contributed by atoms with van der Waals surface area (Å²) in [5.74, 6) is -0.424. The Morgan fingerprint density at radius 1 is 1.20 bits per heavy atom. The Labute approximate surface area is 174 Å². The van der Waals surface area contributed by atoms with Crippen molar-refractivity contribution in [3.8, 4) is 11.3 Å². The van der Waals surface area contributed by atoms with Crippen molar-refractivity contribution < 1.29 is 13.9 Å². The molecular weight excluding hydrogens is 385 g/mol. The summed E-state index contributed by atoms with van der Waals surface area (Å²) in [4.78, 5) is 27.3. The molecule has 3 heterocycles. The molecule has 1 atom stereocenters. The van der Waals surface area contributed by atoms with Crippen LogP contribution in [0.2, 0.25) is 0 Å². The highest BCUT2D eigenvalue weighted by Gasteiger charge is 2.25. The number of nitrogens with one attached hydrogen (secondary N) is 1. The van der Waals surface area contributed by atoms with Crippen LogP contribution in [0.5, 0.6) is 0 Å². The van der Waals surface area contributed by atoms with E-state index in [1.807, 2.05) is 23.1 Å². The second kappa shape index (κ2) is 9.51. The number of hydrogen-bond donors (Lipinski definition) is 1. The number of amides is 1. The molecule has 30 heavy (non-hydrogen) atoms. The SMILES string of the molecule is O=C(CN1CCO[C@@H](c2cncc(-c3ccccc3F)n2)C1)NCc1ccccn1. The van der Waals surface area contributed by atoms with Crippen LogP contribution in [-0.2, 0) is 16.1 Å². The van der Waals surface area contributed by atoms with Gasteiger partial charge in [0.1, 0.15) is 11.9 Å². The highest BCUT2D eigenvalue weighted by molar-refractivity contribution is 5.78. The number of ether oxygens (including phenoxy) is 1. The number of nitrogens with zero attached hydrogens (tertiary/aromatic N) is 4. The fourth-order valence-electron chi connectivity index (χ4n) is 3.31. The molecule has 1 fully saturated rings. The molecule has 2 aromatic heterocycles. The lowest BCUT2D eigenvalue weighted by atomic mass is 10.1. The lowest BCUT2D eigenvalue weighted by Crippen LogP contribution is -2.44. The maximum absolute atomic E-state index is 14.1. The third kappa shape index (κ3) is 5.03. The number of aromatic nitrogens is 3. The molecule has 0 bridgehead atoms. The van der Waals surface area contributed by atoms with E-state index in [1.54, 1.807) is 30.6 Å². The van der Waals surface area contributed by atoms with Crippen LogP contribution >= 0.6 is 0 Å². The minimum atomic E-state index is -0.347. The van der Waals surface area contributed by atoms with Gasteiger partial charge in [0.05, 0.1) is 49.2 Å². The quantitative estimate of drug-likeness (QED) is 0.676. The van der Waals surface area contributed by atoms with Crippen molar-refractivity contribution in [2.75, 3.05) is 26.2 Å². The van der Waals surface area contributed by atoms with Gasteiger partial charge in [0.2, 0.25) is 5.91 Å². The van der Waals surface area contributed by atoms with Gasteiger partial charge in [-0.15, -0.1) is 0 Å². The fourth-order valence-corrected chi connectivity index (χ4v) is 3.31. The highest BCUT2D eigenvalue weighted by Crippen LogP contribution is 2.24. The zero-order valence-electron chi connectivity index (χ0n) is 16.4. The predicted octanol–water partition coefficient (Wildman–Crippen LogP) is 2.37. The van der Waals surface area contributed by atoms with Crippen molar-refractivity contribution in [3.05, 3.63) is 78.3 Å². The first kappa shape index (κ1) is 20.1. The minimum Gasteiger partial charge on any atom is -0.369 e. The zero-order valence-corrected chi connectivity index (χ0v) is 16.4. The van der Waals surface area contributed by atoms with Gasteiger partial charge in [-0.05, 0) is 24.3 Å². The van der Waals surface area contributed by atoms with E-state index in [9.17, 15) is 9.18 Å². The maximum Gasteiger partial charge on any atom is 0.234 e. The van der Waals surface area contributed by atoms with Crippen LogP contribution in [0.4, 0.5) is 4.39 Å². The van der Waals surface area contributed by atoms with Gasteiger partial charge in [-0.2, -0.15) is 0 Å². The number of carbonyl (C=O) groups is 1. The summed E-state index contributed by atoms with van der Waals surface area (Å²) < 4.78 is 19.9. The molecule has 4 rings (SSSR count). The van der Waals surface area contributed by atoms with Crippen LogP contribution in [-0.4, -0.2) is 52.0 Å². The molecule has 3 aromatic rings. The van der Waals surface area contributed by atoms with Crippen molar-refractivity contribution in [3.63, 3.8) is 0 Å². The average molecular weight is 407 g/mol. The van der Waals surface area contributed by atoms with E-state index in [0.717, 1.165) is 5.69 Å². The summed E-state index contributed by atoms with van der Waals surface area (Å²) in [6.45, 7) is 2.28. The van der Waals surface area contributed by atoms with Gasteiger partial charge >= 0.3 is 0 Å². The highest BCUT2D eigenvalue weighted by atomic mass is 19.1. The molecule has 1 amide bonds. The van der Waals surface area contributed by atoms with Gasteiger partial charge in [0.15, 0.2) is 0 Å². The molecule has 8 heteroatoms. The Morgan fingerprint density at radius 3 is 2.90 bits per heavy atom. The van der Waals surface area contributed by atoms with Crippen molar-refractivity contribution in [1.82, 2.24) is 25.2 Å². The van der Waals surface area contributed by atoms with Gasteiger partial charge in [-0.3, -0.25) is 19.7 Å². The normalized spacial score (nSPS) is 16.9. The Morgan fingerprint density at radius 2 is 2.07 bits per heavy atom. The topological polar surface area (TPSA) is 80.2 Å². The second-order valence-corrected chi connectivity index (χ2v) is 7.00. The van der Waals surface area contributed by atoms with Crippen molar-refractivity contribution >= 4 is 5.91 Å². The largest absolute Gasteiger partial charge is 0.369 e. The molecule has 154 valence electrons. The molecule has 1 N–H and O–H groups in total. The standard InChI is InChI=1S/C22H22FN5O2/c23-18-7-2-1-6-17(18)19-12-24-13-20(27-19)21-14-28(9-10-30-21)15-22(29)26-11-16-5-3-4-8-25-16/h1-8,12-13,21H,9-11,14-15H2,(H,26,29)/t21-/m1/s1. The van der Waals surface area contributed by atoms with Gasteiger partial charge in [-0.1, -0.05) is 18.2 Å². The molecule has 0 unspecified atom stereocenters. The molecule has 0 radical (unpaired) electrons. The number of morpholine rings is 1. The van der Waals surface area contributed by atoms with E-state index in [0.29, 0.717) is 43.2 Å². The second-order valence-electron chi connectivity index (χ2n) is 7.00. The van der Waals surface area contributed by atoms with Crippen LogP contribution in [0.1, 0.15) is 17.5 Å². The number of halogens is 1. The Kier molecular flexibility index (Phi) is 6.36. The molecule has 7 nitrogen and oxygen atoms in total. The monoisotopic (exact) mass is 407 g/mol. The first-order valence-corrected chi connectivity index (χ1v) is 9.76. The first-order valence-electron chi connectivity index (χ1n) is 9.76. The molecule has 0 aliphatic carbocycles. The zero-order chi connectivity index (χ0) is 20.8. The van der Waals surface area contributed by atoms with E-state index in [-0.39, 0.29) is 24.4 Å². The Hall–Kier alpha value is -3.23. The van der Waals surface area contributed by atoms with E-state index < -0.39 is 0 Å². The van der Waals surface area contributed by atoms with Gasteiger partial charge in [0.25, 0.3) is 0 Å². The Balaban J connectivity index is 1.37. The van der Waals surface area contributed by atoms with Crippen LogP contribution in [0.3, 0.4) is 0 Å². The van der Waals surface area contributed by atoms with E-state index >= 15 is 0 Å². The number of pyridine rings is 1. The van der Waals surface area contributed by atoms with E-state index in [1.165, 1.54) is 12.3 Å². The Bertz CT molecular complexity index is 1000. The van der Waals surface area contributed by atoms with E-state index in [4.69, 9.17) is 4.74 Å². The first-order chi connectivity index (χ1) is 14.7. The summed E-state index contributed by atoms with van der Waals surface area (Å²) in [6.07, 6.45) is 4.53. The maximum atomic E-state index is 14.1. The molecule has 1 saturated heterocycles. The lowest BCUT2D eigenvalue weighted by Gasteiger charge is -2.32. The number of hydrogen-bond acceptors (Lipinski definition) is 6. The van der Waals surface area contributed by atoms with Crippen LogP contribution in [0, 0.1) is 5.82 Å². The minimum absolute atomic E-state index is 0.0764. The van der Waals surface area contributed by atoms with Crippen LogP contribution in [0.25, 0.3) is 11.3 Å². The van der Waals surface area contributed by atoms with Crippen LogP contribution < -0.4 is 5.32 Å². The summed E-state index contributed by atoms with van der Waals surface area (Å²) in [7, 11) is 0. The van der Waals surface area contributed by atoms with Gasteiger partial charge in [-0.25, -0.2) is 9.37 Å². The fraction of sp³-hybridized carbons (Fsp3) is 0.273. The summed E-state index contributed by atoms with van der Waals surface area (Å²) >= 11 is 0. The van der Waals surface area contributed by atoms with Crippen molar-refractivity contribution in [2.45, 2.75) is 12.6 Å². The number of rotatable bonds is 6. The average Bonchev–Trinajstić information content (AvgIpc) is 2.79. The molecule has 0 saturated carbocycles.